The molecule has 2 fully saturated rings. The maximum Gasteiger partial charge on any atom is 0.433 e. The van der Waals surface area contributed by atoms with Gasteiger partial charge in [-0.05, 0) is 55.7 Å². The van der Waals surface area contributed by atoms with Gasteiger partial charge in [0.15, 0.2) is 0 Å². The van der Waals surface area contributed by atoms with Gasteiger partial charge in [0, 0.05) is 12.6 Å². The molecule has 4 rings (SSSR count). The number of nitrogens with one attached hydrogen (secondary N) is 1. The highest BCUT2D eigenvalue weighted by atomic mass is 32.2. The van der Waals surface area contributed by atoms with Crippen LogP contribution in [-0.4, -0.2) is 51.0 Å². The van der Waals surface area contributed by atoms with E-state index in [1.165, 1.54) is 17.8 Å². The summed E-state index contributed by atoms with van der Waals surface area (Å²) in [5.41, 5.74) is 0.909. The van der Waals surface area contributed by atoms with E-state index < -0.39 is 27.9 Å². The predicted octanol–water partition coefficient (Wildman–Crippen LogP) is 4.34. The number of pyridine rings is 1. The van der Waals surface area contributed by atoms with Crippen LogP contribution in [-0.2, 0) is 20.9 Å². The number of aromatic nitrogens is 1. The molecule has 1 saturated heterocycles. The van der Waals surface area contributed by atoms with Crippen molar-refractivity contribution >= 4 is 15.7 Å². The standard InChI is InChI=1S/C24H30F3N3O3S/c1-34(31,32)29-21-13-14-30(19-9-12-23(28-15-19)24(25,26)27)22(21)16-33-20-10-7-18(8-11-20)17-5-3-2-4-6-17/h2-6,9,12,15,18,20-22,29H,7-8,10-11,13-14,16H2,1H3/t18?,20?,21-,22-/m0/s1. The zero-order valence-corrected chi connectivity index (χ0v) is 19.9. The van der Waals surface area contributed by atoms with Gasteiger partial charge in [0.25, 0.3) is 0 Å². The highest BCUT2D eigenvalue weighted by molar-refractivity contribution is 7.88. The van der Waals surface area contributed by atoms with Crippen LogP contribution >= 0.6 is 0 Å². The molecule has 10 heteroatoms. The Hall–Kier alpha value is -2.17. The van der Waals surface area contributed by atoms with Gasteiger partial charge in [-0.15, -0.1) is 0 Å². The van der Waals surface area contributed by atoms with Gasteiger partial charge in [-0.1, -0.05) is 30.3 Å². The predicted molar refractivity (Wildman–Crippen MR) is 124 cm³/mol. The lowest BCUT2D eigenvalue weighted by Crippen LogP contribution is -2.48. The van der Waals surface area contributed by atoms with E-state index in [4.69, 9.17) is 4.74 Å². The summed E-state index contributed by atoms with van der Waals surface area (Å²) in [6, 6.07) is 12.0. The summed E-state index contributed by atoms with van der Waals surface area (Å²) in [6.45, 7) is 0.782. The maximum absolute atomic E-state index is 12.9. The van der Waals surface area contributed by atoms with Crippen molar-refractivity contribution in [3.63, 3.8) is 0 Å². The first-order valence-corrected chi connectivity index (χ1v) is 13.4. The monoisotopic (exact) mass is 497 g/mol. The minimum Gasteiger partial charge on any atom is -0.376 e. The van der Waals surface area contributed by atoms with Crippen molar-refractivity contribution in [2.45, 2.75) is 62.4 Å². The number of hydrogen-bond acceptors (Lipinski definition) is 5. The Labute approximate surface area is 198 Å². The number of halogens is 3. The fraction of sp³-hybridized carbons (Fsp3) is 0.542. The molecule has 1 saturated carbocycles. The molecule has 0 amide bonds. The van der Waals surface area contributed by atoms with E-state index >= 15 is 0 Å². The van der Waals surface area contributed by atoms with Crippen molar-refractivity contribution in [1.82, 2.24) is 9.71 Å². The fourth-order valence-corrected chi connectivity index (χ4v) is 5.86. The molecule has 1 aromatic carbocycles. The van der Waals surface area contributed by atoms with Gasteiger partial charge in [0.05, 0.1) is 36.9 Å². The zero-order chi connectivity index (χ0) is 24.3. The highest BCUT2D eigenvalue weighted by Crippen LogP contribution is 2.35. The van der Waals surface area contributed by atoms with Crippen LogP contribution < -0.4 is 9.62 Å². The van der Waals surface area contributed by atoms with Gasteiger partial charge in [0.2, 0.25) is 10.0 Å². The van der Waals surface area contributed by atoms with Crippen molar-refractivity contribution in [1.29, 1.82) is 0 Å². The van der Waals surface area contributed by atoms with Crippen molar-refractivity contribution in [3.05, 3.63) is 59.9 Å². The van der Waals surface area contributed by atoms with Gasteiger partial charge < -0.3 is 9.64 Å². The molecular weight excluding hydrogens is 467 g/mol. The SMILES string of the molecule is CS(=O)(=O)N[C@H]1CCN(c2ccc(C(F)(F)F)nc2)[C@H]1COC1CCC(c2ccccc2)CC1. The van der Waals surface area contributed by atoms with Crippen LogP contribution in [0.3, 0.4) is 0 Å². The van der Waals surface area contributed by atoms with E-state index in [1.807, 2.05) is 11.0 Å². The molecule has 0 unspecified atom stereocenters. The number of benzene rings is 1. The molecule has 0 bridgehead atoms. The van der Waals surface area contributed by atoms with E-state index in [1.54, 1.807) is 0 Å². The molecule has 2 aliphatic rings. The number of alkyl halides is 3. The molecule has 186 valence electrons. The second-order valence-corrected chi connectivity index (χ2v) is 10.9. The van der Waals surface area contributed by atoms with Crippen LogP contribution in [0.4, 0.5) is 18.9 Å². The lowest BCUT2D eigenvalue weighted by molar-refractivity contribution is -0.141. The average molecular weight is 498 g/mol. The minimum atomic E-state index is -4.51. The number of anilines is 1. The summed E-state index contributed by atoms with van der Waals surface area (Å²) >= 11 is 0. The van der Waals surface area contributed by atoms with Gasteiger partial charge in [-0.2, -0.15) is 13.2 Å². The van der Waals surface area contributed by atoms with Crippen LogP contribution in [0.15, 0.2) is 48.7 Å². The Balaban J connectivity index is 1.41. The maximum atomic E-state index is 12.9. The van der Waals surface area contributed by atoms with Crippen molar-refractivity contribution in [2.24, 2.45) is 0 Å². The minimum absolute atomic E-state index is 0.0760. The summed E-state index contributed by atoms with van der Waals surface area (Å²) in [5, 5.41) is 0. The Morgan fingerprint density at radius 3 is 2.35 bits per heavy atom. The van der Waals surface area contributed by atoms with Crippen LogP contribution in [0.5, 0.6) is 0 Å². The first-order chi connectivity index (χ1) is 16.1. The quantitative estimate of drug-likeness (QED) is 0.616. The van der Waals surface area contributed by atoms with Crippen molar-refractivity contribution in [3.8, 4) is 0 Å². The number of hydrogen-bond donors (Lipinski definition) is 1. The highest BCUT2D eigenvalue weighted by Gasteiger charge is 2.38. The van der Waals surface area contributed by atoms with Gasteiger partial charge >= 0.3 is 6.18 Å². The Kier molecular flexibility index (Phi) is 7.49. The zero-order valence-electron chi connectivity index (χ0n) is 19.0. The Morgan fingerprint density at radius 1 is 1.06 bits per heavy atom. The molecule has 2 heterocycles. The number of nitrogens with zero attached hydrogens (tertiary/aromatic N) is 2. The fourth-order valence-electron chi connectivity index (χ4n) is 5.04. The van der Waals surface area contributed by atoms with Gasteiger partial charge in [0.1, 0.15) is 5.69 Å². The number of rotatable bonds is 7. The summed E-state index contributed by atoms with van der Waals surface area (Å²) in [6.07, 6.45) is 2.28. The topological polar surface area (TPSA) is 71.5 Å². The third kappa shape index (κ3) is 6.28. The summed E-state index contributed by atoms with van der Waals surface area (Å²) in [5.74, 6) is 0.516. The molecule has 1 aliphatic carbocycles. The van der Waals surface area contributed by atoms with Crippen molar-refractivity contribution < 1.29 is 26.3 Å². The van der Waals surface area contributed by atoms with Crippen LogP contribution in [0.1, 0.15) is 49.3 Å². The van der Waals surface area contributed by atoms with Crippen LogP contribution in [0.2, 0.25) is 0 Å². The number of ether oxygens (including phenoxy) is 1. The van der Waals surface area contributed by atoms with Crippen LogP contribution in [0.25, 0.3) is 0 Å². The summed E-state index contributed by atoms with van der Waals surface area (Å²) in [4.78, 5) is 5.46. The van der Waals surface area contributed by atoms with Gasteiger partial charge in [-0.3, -0.25) is 0 Å². The molecule has 1 aromatic heterocycles. The van der Waals surface area contributed by atoms with Crippen LogP contribution in [0, 0.1) is 0 Å². The van der Waals surface area contributed by atoms with E-state index in [-0.39, 0.29) is 18.8 Å². The second-order valence-electron chi connectivity index (χ2n) is 9.16. The first-order valence-electron chi connectivity index (χ1n) is 11.5. The molecule has 34 heavy (non-hydrogen) atoms. The van der Waals surface area contributed by atoms with E-state index in [0.717, 1.165) is 38.0 Å². The van der Waals surface area contributed by atoms with E-state index in [9.17, 15) is 21.6 Å². The van der Waals surface area contributed by atoms with E-state index in [2.05, 4.69) is 34.0 Å². The Bertz CT molecular complexity index is 1040. The molecule has 2 atom stereocenters. The number of sulfonamides is 1. The first kappa shape index (κ1) is 24.9. The molecule has 6 nitrogen and oxygen atoms in total. The van der Waals surface area contributed by atoms with Crippen molar-refractivity contribution in [2.75, 3.05) is 24.3 Å². The largest absolute Gasteiger partial charge is 0.433 e. The normalized spacial score (nSPS) is 26.1. The molecule has 0 spiro atoms. The molecule has 0 radical (unpaired) electrons. The Morgan fingerprint density at radius 2 is 1.76 bits per heavy atom. The molecule has 2 aromatic rings. The molecule has 1 aliphatic heterocycles. The smallest absolute Gasteiger partial charge is 0.376 e. The molecule has 1 N–H and O–H groups in total. The van der Waals surface area contributed by atoms with E-state index in [0.29, 0.717) is 24.6 Å². The second kappa shape index (κ2) is 10.2. The van der Waals surface area contributed by atoms with Gasteiger partial charge in [-0.25, -0.2) is 18.1 Å². The molecular formula is C24H30F3N3O3S. The summed E-state index contributed by atoms with van der Waals surface area (Å²) < 4.78 is 71.5. The third-order valence-corrected chi connectivity index (χ3v) is 7.46. The summed E-state index contributed by atoms with van der Waals surface area (Å²) in [7, 11) is -3.45. The average Bonchev–Trinajstić information content (AvgIpc) is 3.19. The lowest BCUT2D eigenvalue weighted by Gasteiger charge is -2.33. The third-order valence-electron chi connectivity index (χ3n) is 6.73. The lowest BCUT2D eigenvalue weighted by atomic mass is 9.83.